The molecule has 0 unspecified atom stereocenters. The molecule has 0 atom stereocenters. The lowest BCUT2D eigenvalue weighted by Crippen LogP contribution is -2.18. The SMILES string of the molecule is CC(C)CC1(Cl)CCCC1. The number of halogens is 1. The Balaban J connectivity index is 2.36. The van der Waals surface area contributed by atoms with E-state index in [9.17, 15) is 0 Å². The summed E-state index contributed by atoms with van der Waals surface area (Å²) >= 11 is 6.37. The first-order chi connectivity index (χ1) is 4.62. The first kappa shape index (κ1) is 8.39. The number of alkyl halides is 1. The highest BCUT2D eigenvalue weighted by atomic mass is 35.5. The van der Waals surface area contributed by atoms with Crippen LogP contribution >= 0.6 is 11.6 Å². The zero-order chi connectivity index (χ0) is 7.61. The van der Waals surface area contributed by atoms with E-state index in [1.54, 1.807) is 0 Å². The van der Waals surface area contributed by atoms with E-state index >= 15 is 0 Å². The zero-order valence-corrected chi connectivity index (χ0v) is 7.75. The van der Waals surface area contributed by atoms with Crippen LogP contribution in [0.3, 0.4) is 0 Å². The van der Waals surface area contributed by atoms with Crippen molar-refractivity contribution in [2.24, 2.45) is 5.92 Å². The van der Waals surface area contributed by atoms with Crippen LogP contribution in [0.2, 0.25) is 0 Å². The van der Waals surface area contributed by atoms with Crippen LogP contribution in [0.5, 0.6) is 0 Å². The molecule has 0 aromatic carbocycles. The molecule has 0 nitrogen and oxygen atoms in total. The lowest BCUT2D eigenvalue weighted by Gasteiger charge is -2.22. The molecule has 1 rings (SSSR count). The smallest absolute Gasteiger partial charge is 0.0449 e. The average Bonchev–Trinajstić information content (AvgIpc) is 2.12. The van der Waals surface area contributed by atoms with Crippen LogP contribution in [0.15, 0.2) is 0 Å². The van der Waals surface area contributed by atoms with Gasteiger partial charge in [-0.05, 0) is 25.2 Å². The van der Waals surface area contributed by atoms with Gasteiger partial charge in [0.2, 0.25) is 0 Å². The molecule has 1 aliphatic rings. The molecule has 0 heterocycles. The van der Waals surface area contributed by atoms with Crippen LogP contribution < -0.4 is 0 Å². The van der Waals surface area contributed by atoms with E-state index in [0.717, 1.165) is 5.92 Å². The highest BCUT2D eigenvalue weighted by molar-refractivity contribution is 6.24. The average molecular weight is 161 g/mol. The van der Waals surface area contributed by atoms with Crippen molar-refractivity contribution in [3.63, 3.8) is 0 Å². The Hall–Kier alpha value is 0.290. The van der Waals surface area contributed by atoms with Gasteiger partial charge in [-0.3, -0.25) is 0 Å². The van der Waals surface area contributed by atoms with E-state index in [0.29, 0.717) is 0 Å². The van der Waals surface area contributed by atoms with Crippen LogP contribution in [0, 0.1) is 5.92 Å². The predicted molar refractivity (Wildman–Crippen MR) is 46.5 cm³/mol. The summed E-state index contributed by atoms with van der Waals surface area (Å²) in [4.78, 5) is 0.189. The lowest BCUT2D eigenvalue weighted by molar-refractivity contribution is 0.450. The third kappa shape index (κ3) is 2.16. The second kappa shape index (κ2) is 3.13. The molecule has 0 aromatic rings. The second-order valence-electron chi connectivity index (χ2n) is 3.96. The molecular weight excluding hydrogens is 144 g/mol. The van der Waals surface area contributed by atoms with Gasteiger partial charge in [0.15, 0.2) is 0 Å². The molecule has 0 aliphatic heterocycles. The van der Waals surface area contributed by atoms with Crippen molar-refractivity contribution >= 4 is 11.6 Å². The van der Waals surface area contributed by atoms with Crippen molar-refractivity contribution in [3.8, 4) is 0 Å². The van der Waals surface area contributed by atoms with Gasteiger partial charge in [-0.2, -0.15) is 0 Å². The molecule has 0 bridgehead atoms. The van der Waals surface area contributed by atoms with Crippen LogP contribution in [0.25, 0.3) is 0 Å². The minimum atomic E-state index is 0.189. The molecular formula is C9H17Cl. The Labute approximate surface area is 69.0 Å². The topological polar surface area (TPSA) is 0 Å². The highest BCUT2D eigenvalue weighted by Crippen LogP contribution is 2.40. The Bertz CT molecular complexity index is 101. The molecule has 1 saturated carbocycles. The minimum Gasteiger partial charge on any atom is -0.119 e. The summed E-state index contributed by atoms with van der Waals surface area (Å²) in [6.07, 6.45) is 6.38. The van der Waals surface area contributed by atoms with Gasteiger partial charge in [0.1, 0.15) is 0 Å². The second-order valence-corrected chi connectivity index (χ2v) is 4.76. The molecule has 10 heavy (non-hydrogen) atoms. The summed E-state index contributed by atoms with van der Waals surface area (Å²) < 4.78 is 0. The Kier molecular flexibility index (Phi) is 2.62. The summed E-state index contributed by atoms with van der Waals surface area (Å²) in [5.74, 6) is 0.760. The molecule has 1 fully saturated rings. The largest absolute Gasteiger partial charge is 0.119 e. The standard InChI is InChI=1S/C9H17Cl/c1-8(2)7-9(10)5-3-4-6-9/h8H,3-7H2,1-2H3. The van der Waals surface area contributed by atoms with Gasteiger partial charge in [0, 0.05) is 4.87 Å². The fourth-order valence-corrected chi connectivity index (χ4v) is 2.52. The third-order valence-corrected chi connectivity index (χ3v) is 2.81. The summed E-state index contributed by atoms with van der Waals surface area (Å²) in [5.41, 5.74) is 0. The molecule has 0 aromatic heterocycles. The maximum atomic E-state index is 6.37. The molecule has 0 amide bonds. The molecule has 0 saturated heterocycles. The van der Waals surface area contributed by atoms with Crippen LogP contribution in [-0.4, -0.2) is 4.87 Å². The minimum absolute atomic E-state index is 0.189. The Morgan fingerprint density at radius 3 is 2.20 bits per heavy atom. The van der Waals surface area contributed by atoms with Gasteiger partial charge in [0.05, 0.1) is 0 Å². The highest BCUT2D eigenvalue weighted by Gasteiger charge is 2.31. The number of hydrogen-bond donors (Lipinski definition) is 0. The summed E-state index contributed by atoms with van der Waals surface area (Å²) in [6.45, 7) is 4.50. The van der Waals surface area contributed by atoms with E-state index < -0.39 is 0 Å². The summed E-state index contributed by atoms with van der Waals surface area (Å²) in [5, 5.41) is 0. The van der Waals surface area contributed by atoms with E-state index in [4.69, 9.17) is 11.6 Å². The van der Waals surface area contributed by atoms with Gasteiger partial charge >= 0.3 is 0 Å². The van der Waals surface area contributed by atoms with E-state index in [1.807, 2.05) is 0 Å². The van der Waals surface area contributed by atoms with Gasteiger partial charge in [-0.25, -0.2) is 0 Å². The van der Waals surface area contributed by atoms with Crippen LogP contribution in [-0.2, 0) is 0 Å². The maximum Gasteiger partial charge on any atom is 0.0449 e. The first-order valence-electron chi connectivity index (χ1n) is 4.31. The molecule has 60 valence electrons. The quantitative estimate of drug-likeness (QED) is 0.542. The van der Waals surface area contributed by atoms with Crippen molar-refractivity contribution in [2.45, 2.75) is 50.8 Å². The van der Waals surface area contributed by atoms with E-state index in [-0.39, 0.29) is 4.87 Å². The molecule has 0 radical (unpaired) electrons. The monoisotopic (exact) mass is 160 g/mol. The Morgan fingerprint density at radius 1 is 1.30 bits per heavy atom. The Morgan fingerprint density at radius 2 is 1.80 bits per heavy atom. The van der Waals surface area contributed by atoms with Crippen LogP contribution in [0.1, 0.15) is 46.0 Å². The first-order valence-corrected chi connectivity index (χ1v) is 4.69. The normalized spacial score (nSPS) is 24.0. The van der Waals surface area contributed by atoms with Gasteiger partial charge < -0.3 is 0 Å². The van der Waals surface area contributed by atoms with E-state index in [1.165, 1.54) is 32.1 Å². The van der Waals surface area contributed by atoms with Crippen molar-refractivity contribution in [2.75, 3.05) is 0 Å². The molecule has 1 heteroatoms. The maximum absolute atomic E-state index is 6.37. The fourth-order valence-electron chi connectivity index (χ4n) is 1.94. The molecule has 1 aliphatic carbocycles. The van der Waals surface area contributed by atoms with Crippen molar-refractivity contribution in [1.82, 2.24) is 0 Å². The number of hydrogen-bond acceptors (Lipinski definition) is 0. The van der Waals surface area contributed by atoms with Crippen molar-refractivity contribution in [1.29, 1.82) is 0 Å². The molecule has 0 spiro atoms. The third-order valence-electron chi connectivity index (χ3n) is 2.27. The van der Waals surface area contributed by atoms with E-state index in [2.05, 4.69) is 13.8 Å². The summed E-state index contributed by atoms with van der Waals surface area (Å²) in [7, 11) is 0. The molecule has 0 N–H and O–H groups in total. The van der Waals surface area contributed by atoms with Gasteiger partial charge in [-0.1, -0.05) is 26.7 Å². The van der Waals surface area contributed by atoms with Gasteiger partial charge in [0.25, 0.3) is 0 Å². The van der Waals surface area contributed by atoms with Crippen LogP contribution in [0.4, 0.5) is 0 Å². The van der Waals surface area contributed by atoms with Crippen molar-refractivity contribution < 1.29 is 0 Å². The fraction of sp³-hybridized carbons (Fsp3) is 1.00. The summed E-state index contributed by atoms with van der Waals surface area (Å²) in [6, 6.07) is 0. The zero-order valence-electron chi connectivity index (χ0n) is 6.99. The predicted octanol–water partition coefficient (Wildman–Crippen LogP) is 3.58. The van der Waals surface area contributed by atoms with Crippen molar-refractivity contribution in [3.05, 3.63) is 0 Å². The number of rotatable bonds is 2. The lowest BCUT2D eigenvalue weighted by atomic mass is 9.95. The van der Waals surface area contributed by atoms with Gasteiger partial charge in [-0.15, -0.1) is 11.6 Å².